The average Bonchev–Trinajstić information content (AvgIpc) is 3.00. The molecule has 1 heterocycles. The zero-order valence-electron chi connectivity index (χ0n) is 14.8. The van der Waals surface area contributed by atoms with Crippen molar-refractivity contribution in [3.8, 4) is 5.75 Å². The van der Waals surface area contributed by atoms with Crippen molar-refractivity contribution in [3.63, 3.8) is 0 Å². The monoisotopic (exact) mass is 318 g/mol. The zero-order chi connectivity index (χ0) is 16.9. The highest BCUT2D eigenvalue weighted by Gasteiger charge is 2.18. The summed E-state index contributed by atoms with van der Waals surface area (Å²) in [5.74, 6) is 1.40. The van der Waals surface area contributed by atoms with Gasteiger partial charge in [0, 0.05) is 6.54 Å². The van der Waals surface area contributed by atoms with Crippen LogP contribution in [0.3, 0.4) is 0 Å². The van der Waals surface area contributed by atoms with E-state index in [0.29, 0.717) is 5.92 Å². The smallest absolute Gasteiger partial charge is 0.260 e. The molecule has 0 aromatic heterocycles. The summed E-state index contributed by atoms with van der Waals surface area (Å²) >= 11 is 0. The van der Waals surface area contributed by atoms with Gasteiger partial charge in [-0.05, 0) is 61.9 Å². The molecule has 2 unspecified atom stereocenters. The third-order valence-electron chi connectivity index (χ3n) is 4.40. The van der Waals surface area contributed by atoms with Crippen molar-refractivity contribution in [3.05, 3.63) is 29.8 Å². The van der Waals surface area contributed by atoms with Crippen LogP contribution in [0, 0.1) is 5.92 Å². The standard InChI is InChI=1S/C19H30N2O2/c1-14(18(22)21-11-9-15-8-10-20-13-15)23-17-7-5-6-16(12-17)19(2,3)4/h5-7,12,14-15,20H,8-11,13H2,1-4H3,(H,21,22). The molecule has 4 nitrogen and oxygen atoms in total. The lowest BCUT2D eigenvalue weighted by atomic mass is 9.87. The molecular formula is C19H30N2O2. The predicted octanol–water partition coefficient (Wildman–Crippen LogP) is 2.87. The summed E-state index contributed by atoms with van der Waals surface area (Å²) in [6.45, 7) is 11.2. The van der Waals surface area contributed by atoms with Gasteiger partial charge in [0.2, 0.25) is 0 Å². The van der Waals surface area contributed by atoms with E-state index < -0.39 is 6.10 Å². The molecule has 2 rings (SSSR count). The highest BCUT2D eigenvalue weighted by molar-refractivity contribution is 5.80. The lowest BCUT2D eigenvalue weighted by Crippen LogP contribution is -2.37. The molecule has 128 valence electrons. The molecule has 1 amide bonds. The maximum atomic E-state index is 12.2. The first-order valence-electron chi connectivity index (χ1n) is 8.62. The fourth-order valence-corrected chi connectivity index (χ4v) is 2.80. The Morgan fingerprint density at radius 2 is 2.22 bits per heavy atom. The third kappa shape index (κ3) is 5.54. The quantitative estimate of drug-likeness (QED) is 0.848. The molecule has 2 N–H and O–H groups in total. The van der Waals surface area contributed by atoms with E-state index in [0.717, 1.165) is 31.8 Å². The maximum Gasteiger partial charge on any atom is 0.260 e. The molecule has 1 saturated heterocycles. The summed E-state index contributed by atoms with van der Waals surface area (Å²) in [6, 6.07) is 8.00. The summed E-state index contributed by atoms with van der Waals surface area (Å²) in [5, 5.41) is 6.33. The molecule has 1 aliphatic rings. The molecule has 4 heteroatoms. The SMILES string of the molecule is CC(Oc1cccc(C(C)(C)C)c1)C(=O)NCCC1CCNC1. The number of rotatable bonds is 6. The first-order chi connectivity index (χ1) is 10.9. The van der Waals surface area contributed by atoms with E-state index in [1.54, 1.807) is 6.92 Å². The van der Waals surface area contributed by atoms with Crippen LogP contribution in [0.15, 0.2) is 24.3 Å². The zero-order valence-corrected chi connectivity index (χ0v) is 14.8. The van der Waals surface area contributed by atoms with Crippen molar-refractivity contribution in [2.75, 3.05) is 19.6 Å². The molecule has 23 heavy (non-hydrogen) atoms. The van der Waals surface area contributed by atoms with Crippen LogP contribution in [0.25, 0.3) is 0 Å². The van der Waals surface area contributed by atoms with Gasteiger partial charge in [-0.25, -0.2) is 0 Å². The Balaban J connectivity index is 1.80. The van der Waals surface area contributed by atoms with Gasteiger partial charge in [0.15, 0.2) is 6.10 Å². The predicted molar refractivity (Wildman–Crippen MR) is 93.8 cm³/mol. The second kappa shape index (κ2) is 7.82. The lowest BCUT2D eigenvalue weighted by molar-refractivity contribution is -0.127. The number of nitrogens with one attached hydrogen (secondary N) is 2. The molecular weight excluding hydrogens is 288 g/mol. The molecule has 0 saturated carbocycles. The molecule has 1 aromatic carbocycles. The third-order valence-corrected chi connectivity index (χ3v) is 4.40. The fourth-order valence-electron chi connectivity index (χ4n) is 2.80. The molecule has 0 spiro atoms. The van der Waals surface area contributed by atoms with Crippen molar-refractivity contribution in [2.45, 2.75) is 52.1 Å². The number of amides is 1. The minimum Gasteiger partial charge on any atom is -0.481 e. The van der Waals surface area contributed by atoms with Gasteiger partial charge < -0.3 is 15.4 Å². The van der Waals surface area contributed by atoms with Crippen molar-refractivity contribution in [2.24, 2.45) is 5.92 Å². The minimum atomic E-state index is -0.480. The van der Waals surface area contributed by atoms with Crippen LogP contribution in [-0.2, 0) is 10.2 Å². The maximum absolute atomic E-state index is 12.2. The minimum absolute atomic E-state index is 0.0443. The van der Waals surface area contributed by atoms with Gasteiger partial charge in [-0.3, -0.25) is 4.79 Å². The first kappa shape index (κ1) is 17.8. The van der Waals surface area contributed by atoms with E-state index in [1.165, 1.54) is 12.0 Å². The van der Waals surface area contributed by atoms with Crippen LogP contribution < -0.4 is 15.4 Å². The summed E-state index contributed by atoms with van der Waals surface area (Å²) in [7, 11) is 0. The van der Waals surface area contributed by atoms with E-state index >= 15 is 0 Å². The van der Waals surface area contributed by atoms with Gasteiger partial charge in [-0.15, -0.1) is 0 Å². The average molecular weight is 318 g/mol. The van der Waals surface area contributed by atoms with Crippen LogP contribution in [0.1, 0.15) is 46.1 Å². The molecule has 0 aliphatic carbocycles. The Hall–Kier alpha value is -1.55. The number of carbonyl (C=O) groups is 1. The Labute approximate surface area is 140 Å². The number of hydrogen-bond acceptors (Lipinski definition) is 3. The van der Waals surface area contributed by atoms with E-state index in [2.05, 4.69) is 37.5 Å². The topological polar surface area (TPSA) is 50.4 Å². The van der Waals surface area contributed by atoms with Crippen molar-refractivity contribution in [1.29, 1.82) is 0 Å². The number of carbonyl (C=O) groups excluding carboxylic acids is 1. The van der Waals surface area contributed by atoms with Crippen molar-refractivity contribution < 1.29 is 9.53 Å². The number of benzene rings is 1. The normalized spacial score (nSPS) is 19.4. The highest BCUT2D eigenvalue weighted by Crippen LogP contribution is 2.26. The second-order valence-electron chi connectivity index (χ2n) is 7.48. The molecule has 1 aliphatic heterocycles. The van der Waals surface area contributed by atoms with Crippen molar-refractivity contribution in [1.82, 2.24) is 10.6 Å². The Morgan fingerprint density at radius 1 is 1.43 bits per heavy atom. The molecule has 2 atom stereocenters. The molecule has 1 fully saturated rings. The van der Waals surface area contributed by atoms with Gasteiger partial charge in [-0.1, -0.05) is 32.9 Å². The van der Waals surface area contributed by atoms with Crippen molar-refractivity contribution >= 4 is 5.91 Å². The van der Waals surface area contributed by atoms with Gasteiger partial charge in [-0.2, -0.15) is 0 Å². The van der Waals surface area contributed by atoms with Crippen LogP contribution >= 0.6 is 0 Å². The summed E-state index contributed by atoms with van der Waals surface area (Å²) < 4.78 is 5.81. The van der Waals surface area contributed by atoms with Crippen LogP contribution in [0.5, 0.6) is 5.75 Å². The molecule has 0 radical (unpaired) electrons. The van der Waals surface area contributed by atoms with E-state index in [9.17, 15) is 4.79 Å². The summed E-state index contributed by atoms with van der Waals surface area (Å²) in [4.78, 5) is 12.2. The van der Waals surface area contributed by atoms with E-state index in [1.807, 2.05) is 18.2 Å². The van der Waals surface area contributed by atoms with Gasteiger partial charge in [0.1, 0.15) is 5.75 Å². The van der Waals surface area contributed by atoms with E-state index in [4.69, 9.17) is 4.74 Å². The summed E-state index contributed by atoms with van der Waals surface area (Å²) in [5.41, 5.74) is 1.27. The van der Waals surface area contributed by atoms with Crippen LogP contribution in [-0.4, -0.2) is 31.6 Å². The van der Waals surface area contributed by atoms with Crippen LogP contribution in [0.4, 0.5) is 0 Å². The number of hydrogen-bond donors (Lipinski definition) is 2. The molecule has 1 aromatic rings. The Kier molecular flexibility index (Phi) is 6.05. The first-order valence-corrected chi connectivity index (χ1v) is 8.62. The lowest BCUT2D eigenvalue weighted by Gasteiger charge is -2.21. The molecule has 0 bridgehead atoms. The largest absolute Gasteiger partial charge is 0.481 e. The van der Waals surface area contributed by atoms with Gasteiger partial charge in [0.05, 0.1) is 0 Å². The summed E-state index contributed by atoms with van der Waals surface area (Å²) in [6.07, 6.45) is 1.76. The van der Waals surface area contributed by atoms with E-state index in [-0.39, 0.29) is 11.3 Å². The second-order valence-corrected chi connectivity index (χ2v) is 7.48. The van der Waals surface area contributed by atoms with Gasteiger partial charge >= 0.3 is 0 Å². The van der Waals surface area contributed by atoms with Crippen LogP contribution in [0.2, 0.25) is 0 Å². The highest BCUT2D eigenvalue weighted by atomic mass is 16.5. The Bertz CT molecular complexity index is 516. The number of ether oxygens (including phenoxy) is 1. The van der Waals surface area contributed by atoms with Gasteiger partial charge in [0.25, 0.3) is 5.91 Å². The Morgan fingerprint density at radius 3 is 2.87 bits per heavy atom. The fraction of sp³-hybridized carbons (Fsp3) is 0.632.